The molecule has 0 bridgehead atoms. The van der Waals surface area contributed by atoms with Crippen molar-refractivity contribution in [1.29, 1.82) is 0 Å². The van der Waals surface area contributed by atoms with Gasteiger partial charge in [-0.3, -0.25) is 9.59 Å². The number of halogens is 2. The molecule has 0 fully saturated rings. The van der Waals surface area contributed by atoms with E-state index in [1.165, 1.54) is 11.8 Å². The number of carbonyl (C=O) groups excluding carboxylic acids is 2. The number of anilines is 1. The molecule has 2 aromatic carbocycles. The third-order valence-electron chi connectivity index (χ3n) is 4.27. The summed E-state index contributed by atoms with van der Waals surface area (Å²) in [4.78, 5) is 37.9. The van der Waals surface area contributed by atoms with Crippen molar-refractivity contribution in [3.63, 3.8) is 0 Å². The summed E-state index contributed by atoms with van der Waals surface area (Å²) in [6.45, 7) is 2.90. The molecular formula is C20H20I2N2O5. The molecule has 0 spiro atoms. The molecule has 2 atom stereocenters. The van der Waals surface area contributed by atoms with Gasteiger partial charge >= 0.3 is 5.97 Å². The highest BCUT2D eigenvalue weighted by Gasteiger charge is 2.29. The molecule has 0 aliphatic heterocycles. The zero-order chi connectivity index (χ0) is 21.7. The van der Waals surface area contributed by atoms with Crippen LogP contribution < -0.4 is 10.2 Å². The highest BCUT2D eigenvalue weighted by atomic mass is 127. The first-order chi connectivity index (χ1) is 13.6. The van der Waals surface area contributed by atoms with E-state index >= 15 is 0 Å². The first kappa shape index (κ1) is 23.4. The molecule has 0 saturated carbocycles. The number of benzene rings is 2. The van der Waals surface area contributed by atoms with Gasteiger partial charge in [0.05, 0.1) is 7.14 Å². The number of hydrogen-bond acceptors (Lipinski definition) is 4. The van der Waals surface area contributed by atoms with Crippen molar-refractivity contribution in [2.24, 2.45) is 0 Å². The number of carboxylic acids is 1. The van der Waals surface area contributed by atoms with E-state index in [4.69, 9.17) is 0 Å². The molecule has 0 unspecified atom stereocenters. The molecule has 3 N–H and O–H groups in total. The van der Waals surface area contributed by atoms with Crippen LogP contribution in [0.5, 0.6) is 5.75 Å². The van der Waals surface area contributed by atoms with Crippen LogP contribution in [0.3, 0.4) is 0 Å². The third kappa shape index (κ3) is 6.04. The number of carboxylic acid groups (broad SMARTS) is 1. The number of carbonyl (C=O) groups is 3. The van der Waals surface area contributed by atoms with Gasteiger partial charge in [0.2, 0.25) is 11.8 Å². The van der Waals surface area contributed by atoms with E-state index in [0.717, 1.165) is 0 Å². The van der Waals surface area contributed by atoms with Crippen LogP contribution in [0.1, 0.15) is 19.4 Å². The number of aliphatic carboxylic acids is 1. The van der Waals surface area contributed by atoms with Crippen LogP contribution in [0.2, 0.25) is 0 Å². The smallest absolute Gasteiger partial charge is 0.326 e. The maximum absolute atomic E-state index is 12.7. The Balaban J connectivity index is 2.20. The van der Waals surface area contributed by atoms with Crippen molar-refractivity contribution < 1.29 is 24.6 Å². The third-order valence-corrected chi connectivity index (χ3v) is 5.92. The Hall–Kier alpha value is -1.89. The molecule has 154 valence electrons. The molecular weight excluding hydrogens is 602 g/mol. The summed E-state index contributed by atoms with van der Waals surface area (Å²) in [5.74, 6) is -1.94. The summed E-state index contributed by atoms with van der Waals surface area (Å²) in [6, 6.07) is 10.0. The molecule has 0 aliphatic carbocycles. The standard InChI is InChI=1S/C20H20I2N2O5/c1-11(24(12(2)25)14-6-4-3-5-7-14)19(27)23-17(20(28)29)10-13-8-15(21)18(26)16(22)9-13/h3-9,11,17,26H,10H2,1-2H3,(H,23,27)(H,28,29)/t11-,17-/m0/s1. The van der Waals surface area contributed by atoms with Crippen LogP contribution in [-0.4, -0.2) is 40.1 Å². The number of hydrogen-bond donors (Lipinski definition) is 3. The molecule has 0 saturated heterocycles. The van der Waals surface area contributed by atoms with Crippen LogP contribution in [0.15, 0.2) is 42.5 Å². The van der Waals surface area contributed by atoms with Gasteiger partial charge in [-0.25, -0.2) is 4.79 Å². The Kier molecular flexibility index (Phi) is 8.25. The summed E-state index contributed by atoms with van der Waals surface area (Å²) in [5.41, 5.74) is 1.22. The number of nitrogens with one attached hydrogen (secondary N) is 1. The lowest BCUT2D eigenvalue weighted by Gasteiger charge is -2.28. The van der Waals surface area contributed by atoms with Gasteiger partial charge in [0.1, 0.15) is 17.8 Å². The van der Waals surface area contributed by atoms with Crippen LogP contribution >= 0.6 is 45.2 Å². The van der Waals surface area contributed by atoms with Gasteiger partial charge in [-0.1, -0.05) is 18.2 Å². The molecule has 0 aromatic heterocycles. The number of nitrogens with zero attached hydrogens (tertiary/aromatic N) is 1. The Labute approximate surface area is 195 Å². The van der Waals surface area contributed by atoms with Crippen molar-refractivity contribution in [2.75, 3.05) is 4.90 Å². The average Bonchev–Trinajstić information content (AvgIpc) is 2.66. The van der Waals surface area contributed by atoms with E-state index in [1.54, 1.807) is 49.4 Å². The van der Waals surface area contributed by atoms with Gasteiger partial charge in [0.15, 0.2) is 0 Å². The topological polar surface area (TPSA) is 107 Å². The average molecular weight is 622 g/mol. The quantitative estimate of drug-likeness (QED) is 0.412. The van der Waals surface area contributed by atoms with Gasteiger partial charge in [-0.05, 0) is 81.9 Å². The molecule has 0 heterocycles. The van der Waals surface area contributed by atoms with Crippen molar-refractivity contribution >= 4 is 68.7 Å². The van der Waals surface area contributed by atoms with Crippen molar-refractivity contribution in [3.05, 3.63) is 55.2 Å². The molecule has 2 aromatic rings. The van der Waals surface area contributed by atoms with E-state index in [-0.39, 0.29) is 18.1 Å². The molecule has 0 radical (unpaired) electrons. The lowest BCUT2D eigenvalue weighted by Crippen LogP contribution is -2.52. The predicted molar refractivity (Wildman–Crippen MR) is 126 cm³/mol. The fourth-order valence-electron chi connectivity index (χ4n) is 2.85. The zero-order valence-corrected chi connectivity index (χ0v) is 20.0. The van der Waals surface area contributed by atoms with E-state index in [9.17, 15) is 24.6 Å². The maximum Gasteiger partial charge on any atom is 0.326 e. The first-order valence-electron chi connectivity index (χ1n) is 8.66. The molecule has 7 nitrogen and oxygen atoms in total. The minimum absolute atomic E-state index is 0.0471. The van der Waals surface area contributed by atoms with E-state index in [2.05, 4.69) is 5.32 Å². The summed E-state index contributed by atoms with van der Waals surface area (Å²) in [5, 5.41) is 22.0. The number of para-hydroxylation sites is 1. The molecule has 29 heavy (non-hydrogen) atoms. The molecule has 2 amide bonds. The second-order valence-electron chi connectivity index (χ2n) is 6.41. The fraction of sp³-hybridized carbons (Fsp3) is 0.250. The van der Waals surface area contributed by atoms with Gasteiger partial charge in [0.25, 0.3) is 0 Å². The lowest BCUT2D eigenvalue weighted by atomic mass is 10.1. The van der Waals surface area contributed by atoms with E-state index in [0.29, 0.717) is 18.4 Å². The van der Waals surface area contributed by atoms with Crippen molar-refractivity contribution in [3.8, 4) is 5.75 Å². The van der Waals surface area contributed by atoms with E-state index < -0.39 is 24.0 Å². The van der Waals surface area contributed by atoms with Gasteiger partial charge < -0.3 is 20.4 Å². The van der Waals surface area contributed by atoms with Crippen LogP contribution in [0, 0.1) is 7.14 Å². The Morgan fingerprint density at radius 2 is 1.66 bits per heavy atom. The van der Waals surface area contributed by atoms with Crippen LogP contribution in [-0.2, 0) is 20.8 Å². The van der Waals surface area contributed by atoms with Gasteiger partial charge in [-0.2, -0.15) is 0 Å². The van der Waals surface area contributed by atoms with Crippen molar-refractivity contribution in [2.45, 2.75) is 32.4 Å². The Morgan fingerprint density at radius 3 is 2.14 bits per heavy atom. The zero-order valence-electron chi connectivity index (χ0n) is 15.7. The minimum Gasteiger partial charge on any atom is -0.506 e. The number of rotatable bonds is 7. The predicted octanol–water partition coefficient (Wildman–Crippen LogP) is 3.15. The summed E-state index contributed by atoms with van der Waals surface area (Å²) in [6.07, 6.45) is 0.0471. The summed E-state index contributed by atoms with van der Waals surface area (Å²) >= 11 is 3.93. The molecule has 2 rings (SSSR count). The lowest BCUT2D eigenvalue weighted by molar-refractivity contribution is -0.142. The fourth-order valence-corrected chi connectivity index (χ4v) is 4.75. The van der Waals surface area contributed by atoms with Gasteiger partial charge in [-0.15, -0.1) is 0 Å². The molecule has 9 heteroatoms. The van der Waals surface area contributed by atoms with Crippen LogP contribution in [0.25, 0.3) is 0 Å². The number of aromatic hydroxyl groups is 1. The summed E-state index contributed by atoms with van der Waals surface area (Å²) < 4.78 is 1.19. The number of phenolic OH excluding ortho intramolecular Hbond substituents is 1. The second kappa shape index (κ2) is 10.2. The SMILES string of the molecule is CC(=O)N(c1ccccc1)[C@@H](C)C(=O)N[C@@H](Cc1cc(I)c(O)c(I)c1)C(=O)O. The minimum atomic E-state index is -1.18. The van der Waals surface area contributed by atoms with Crippen LogP contribution in [0.4, 0.5) is 5.69 Å². The Bertz CT molecular complexity index is 897. The van der Waals surface area contributed by atoms with Crippen molar-refractivity contribution in [1.82, 2.24) is 5.32 Å². The normalized spacial score (nSPS) is 12.7. The monoisotopic (exact) mass is 622 g/mol. The number of phenols is 1. The second-order valence-corrected chi connectivity index (χ2v) is 8.74. The highest BCUT2D eigenvalue weighted by molar-refractivity contribution is 14.1. The van der Waals surface area contributed by atoms with E-state index in [1.807, 2.05) is 45.2 Å². The van der Waals surface area contributed by atoms with Gasteiger partial charge in [0, 0.05) is 19.0 Å². The Morgan fingerprint density at radius 1 is 1.10 bits per heavy atom. The first-order valence-corrected chi connectivity index (χ1v) is 10.8. The molecule has 0 aliphatic rings. The largest absolute Gasteiger partial charge is 0.506 e. The number of amides is 2. The highest BCUT2D eigenvalue weighted by Crippen LogP contribution is 2.28. The summed E-state index contributed by atoms with van der Waals surface area (Å²) in [7, 11) is 0. The maximum atomic E-state index is 12.7.